The van der Waals surface area contributed by atoms with Crippen LogP contribution in [0.4, 0.5) is 11.4 Å². The lowest BCUT2D eigenvalue weighted by molar-refractivity contribution is 0.000918. The number of aliphatic hydroxyl groups is 1. The topological polar surface area (TPSA) is 89.3 Å². The monoisotopic (exact) mass is 438 g/mol. The highest BCUT2D eigenvalue weighted by Gasteiger charge is 2.15. The Bertz CT molecular complexity index is 1090. The first-order valence-corrected chi connectivity index (χ1v) is 10.4. The first kappa shape index (κ1) is 23.3. The lowest BCUT2D eigenvalue weighted by Crippen LogP contribution is -2.21. The highest BCUT2D eigenvalue weighted by Crippen LogP contribution is 2.33. The summed E-state index contributed by atoms with van der Waals surface area (Å²) in [5, 5.41) is 13.9. The zero-order valence-electron chi connectivity index (χ0n) is 19.4. The summed E-state index contributed by atoms with van der Waals surface area (Å²) >= 11 is 0. The van der Waals surface area contributed by atoms with Gasteiger partial charge in [0.25, 0.3) is 0 Å². The summed E-state index contributed by atoms with van der Waals surface area (Å²) in [6.07, 6.45) is 1.69. The molecular weight excluding hydrogens is 408 g/mol. The van der Waals surface area contributed by atoms with Crippen molar-refractivity contribution in [1.82, 2.24) is 9.97 Å². The fourth-order valence-electron chi connectivity index (χ4n) is 3.05. The largest absolute Gasteiger partial charge is 0.497 e. The number of fused-ring (bicyclic) bond motifs is 1. The molecule has 0 aliphatic rings. The van der Waals surface area contributed by atoms with Gasteiger partial charge >= 0.3 is 0 Å². The van der Waals surface area contributed by atoms with Crippen LogP contribution in [-0.2, 0) is 4.84 Å². The van der Waals surface area contributed by atoms with Gasteiger partial charge in [-0.15, -0.1) is 0 Å². The standard InChI is InChI=1S/C24H30N4O4/c1-16(27-32-24(2,3)4)23-15-25-21-8-7-17(13-22(21)26-23)28(9-10-29)18-11-19(30-5)14-20(12-18)31-6/h7-8,11-15,29H,9-10H2,1-6H3/b27-16+. The number of anilines is 2. The second-order valence-corrected chi connectivity index (χ2v) is 8.25. The van der Waals surface area contributed by atoms with Gasteiger partial charge in [-0.05, 0) is 45.9 Å². The second kappa shape index (κ2) is 9.82. The normalized spacial score (nSPS) is 12.0. The molecule has 0 aliphatic carbocycles. The van der Waals surface area contributed by atoms with Crippen molar-refractivity contribution in [3.05, 3.63) is 48.3 Å². The van der Waals surface area contributed by atoms with Crippen molar-refractivity contribution in [2.75, 3.05) is 32.3 Å². The highest BCUT2D eigenvalue weighted by molar-refractivity contribution is 5.97. The maximum Gasteiger partial charge on any atom is 0.129 e. The van der Waals surface area contributed by atoms with Crippen molar-refractivity contribution in [3.8, 4) is 11.5 Å². The Morgan fingerprint density at radius 2 is 1.69 bits per heavy atom. The Morgan fingerprint density at radius 1 is 1.00 bits per heavy atom. The van der Waals surface area contributed by atoms with Crippen LogP contribution in [0.2, 0.25) is 0 Å². The molecule has 0 saturated heterocycles. The van der Waals surface area contributed by atoms with Crippen molar-refractivity contribution >= 4 is 28.1 Å². The fourth-order valence-corrected chi connectivity index (χ4v) is 3.05. The van der Waals surface area contributed by atoms with Gasteiger partial charge in [-0.3, -0.25) is 4.98 Å². The van der Waals surface area contributed by atoms with E-state index in [1.54, 1.807) is 26.5 Å². The summed E-state index contributed by atoms with van der Waals surface area (Å²) in [7, 11) is 3.21. The van der Waals surface area contributed by atoms with Gasteiger partial charge in [0.15, 0.2) is 0 Å². The third kappa shape index (κ3) is 5.64. The third-order valence-electron chi connectivity index (χ3n) is 4.64. The van der Waals surface area contributed by atoms with E-state index in [9.17, 15) is 5.11 Å². The summed E-state index contributed by atoms with van der Waals surface area (Å²) < 4.78 is 10.8. The summed E-state index contributed by atoms with van der Waals surface area (Å²) in [5.74, 6) is 1.33. The highest BCUT2D eigenvalue weighted by atomic mass is 16.6. The van der Waals surface area contributed by atoms with Crippen LogP contribution in [0.3, 0.4) is 0 Å². The van der Waals surface area contributed by atoms with Crippen molar-refractivity contribution in [1.29, 1.82) is 0 Å². The zero-order chi connectivity index (χ0) is 23.3. The zero-order valence-corrected chi connectivity index (χ0v) is 19.4. The number of benzene rings is 2. The molecule has 0 radical (unpaired) electrons. The average molecular weight is 439 g/mol. The van der Waals surface area contributed by atoms with Gasteiger partial charge in [-0.1, -0.05) is 5.16 Å². The van der Waals surface area contributed by atoms with Crippen molar-refractivity contribution in [3.63, 3.8) is 0 Å². The summed E-state index contributed by atoms with van der Waals surface area (Å²) in [5.41, 5.74) is 4.04. The van der Waals surface area contributed by atoms with Gasteiger partial charge < -0.3 is 24.3 Å². The quantitative estimate of drug-likeness (QED) is 0.414. The molecule has 1 N–H and O–H groups in total. The first-order chi connectivity index (χ1) is 15.2. The number of ether oxygens (including phenoxy) is 2. The predicted octanol–water partition coefficient (Wildman–Crippen LogP) is 4.32. The molecule has 32 heavy (non-hydrogen) atoms. The van der Waals surface area contributed by atoms with Crippen LogP contribution in [-0.4, -0.2) is 53.8 Å². The molecule has 2 aromatic carbocycles. The van der Waals surface area contributed by atoms with Gasteiger partial charge in [-0.25, -0.2) is 4.98 Å². The molecule has 0 fully saturated rings. The van der Waals surface area contributed by atoms with Crippen LogP contribution >= 0.6 is 0 Å². The average Bonchev–Trinajstić information content (AvgIpc) is 2.79. The minimum absolute atomic E-state index is 0.0286. The summed E-state index contributed by atoms with van der Waals surface area (Å²) in [4.78, 5) is 16.7. The molecule has 0 aliphatic heterocycles. The molecule has 0 spiro atoms. The van der Waals surface area contributed by atoms with Gasteiger partial charge in [0.05, 0.1) is 38.1 Å². The maximum absolute atomic E-state index is 9.71. The van der Waals surface area contributed by atoms with Crippen molar-refractivity contribution < 1.29 is 19.4 Å². The number of methoxy groups -OCH3 is 2. The molecule has 0 atom stereocenters. The molecule has 0 unspecified atom stereocenters. The SMILES string of the molecule is COc1cc(OC)cc(N(CCO)c2ccc3ncc(/C(C)=N/OC(C)(C)C)nc3c2)c1. The van der Waals surface area contributed by atoms with Crippen LogP contribution < -0.4 is 14.4 Å². The Hall–Kier alpha value is -3.39. The van der Waals surface area contributed by atoms with E-state index in [1.165, 1.54) is 0 Å². The van der Waals surface area contributed by atoms with Gasteiger partial charge in [-0.2, -0.15) is 0 Å². The maximum atomic E-state index is 9.71. The van der Waals surface area contributed by atoms with E-state index in [2.05, 4.69) is 10.1 Å². The molecule has 0 saturated carbocycles. The lowest BCUT2D eigenvalue weighted by atomic mass is 10.2. The number of oxime groups is 1. The summed E-state index contributed by atoms with van der Waals surface area (Å²) in [6.45, 7) is 8.00. The van der Waals surface area contributed by atoms with E-state index in [0.717, 1.165) is 16.9 Å². The molecule has 1 heterocycles. The number of hydrogen-bond acceptors (Lipinski definition) is 8. The van der Waals surface area contributed by atoms with E-state index in [-0.39, 0.29) is 12.2 Å². The molecule has 3 rings (SSSR count). The van der Waals surface area contributed by atoms with Crippen molar-refractivity contribution in [2.24, 2.45) is 5.16 Å². The number of rotatable bonds is 8. The number of nitrogens with zero attached hydrogens (tertiary/aromatic N) is 4. The first-order valence-electron chi connectivity index (χ1n) is 10.4. The Balaban J connectivity index is 2.02. The van der Waals surface area contributed by atoms with E-state index >= 15 is 0 Å². The Kier molecular flexibility index (Phi) is 7.15. The molecule has 8 heteroatoms. The van der Waals surface area contributed by atoms with E-state index < -0.39 is 0 Å². The lowest BCUT2D eigenvalue weighted by Gasteiger charge is -2.25. The Labute approximate surface area is 188 Å². The van der Waals surface area contributed by atoms with Crippen LogP contribution in [0.1, 0.15) is 33.4 Å². The van der Waals surface area contributed by atoms with Gasteiger partial charge in [0.1, 0.15) is 28.5 Å². The number of aliphatic hydroxyl groups excluding tert-OH is 1. The number of hydrogen-bond donors (Lipinski definition) is 1. The summed E-state index contributed by atoms with van der Waals surface area (Å²) in [6, 6.07) is 11.4. The molecule has 0 amide bonds. The van der Waals surface area contributed by atoms with Gasteiger partial charge in [0.2, 0.25) is 0 Å². The minimum atomic E-state index is -0.388. The number of aromatic nitrogens is 2. The van der Waals surface area contributed by atoms with Crippen LogP contribution in [0.5, 0.6) is 11.5 Å². The van der Waals surface area contributed by atoms with Crippen LogP contribution in [0.15, 0.2) is 47.8 Å². The van der Waals surface area contributed by atoms with Crippen LogP contribution in [0, 0.1) is 0 Å². The minimum Gasteiger partial charge on any atom is -0.497 e. The van der Waals surface area contributed by atoms with E-state index in [1.807, 2.05) is 62.9 Å². The van der Waals surface area contributed by atoms with Crippen LogP contribution in [0.25, 0.3) is 11.0 Å². The second-order valence-electron chi connectivity index (χ2n) is 8.25. The molecule has 8 nitrogen and oxygen atoms in total. The molecule has 170 valence electrons. The fraction of sp³-hybridized carbons (Fsp3) is 0.375. The Morgan fingerprint density at radius 3 is 2.28 bits per heavy atom. The van der Waals surface area contributed by atoms with Crippen molar-refractivity contribution in [2.45, 2.75) is 33.3 Å². The molecular formula is C24H30N4O4. The molecule has 3 aromatic rings. The van der Waals surface area contributed by atoms with E-state index in [4.69, 9.17) is 19.3 Å². The third-order valence-corrected chi connectivity index (χ3v) is 4.64. The predicted molar refractivity (Wildman–Crippen MR) is 126 cm³/mol. The van der Waals surface area contributed by atoms with E-state index in [0.29, 0.717) is 35.0 Å². The molecule has 1 aromatic heterocycles. The molecule has 0 bridgehead atoms. The van der Waals surface area contributed by atoms with Gasteiger partial charge in [0, 0.05) is 36.1 Å². The smallest absolute Gasteiger partial charge is 0.129 e.